The third-order valence-corrected chi connectivity index (χ3v) is 7.36. The van der Waals surface area contributed by atoms with Crippen LogP contribution in [0.3, 0.4) is 0 Å². The van der Waals surface area contributed by atoms with Crippen molar-refractivity contribution in [2.45, 2.75) is 31.7 Å². The summed E-state index contributed by atoms with van der Waals surface area (Å²) in [6.45, 7) is 1.14. The molecule has 4 aromatic rings. The minimum absolute atomic E-state index is 0.0981. The highest BCUT2D eigenvalue weighted by Gasteiger charge is 2.47. The van der Waals surface area contributed by atoms with Gasteiger partial charge in [-0.3, -0.25) is 19.0 Å². The van der Waals surface area contributed by atoms with Crippen molar-refractivity contribution in [3.8, 4) is 0 Å². The van der Waals surface area contributed by atoms with Gasteiger partial charge in [-0.1, -0.05) is 24.3 Å². The van der Waals surface area contributed by atoms with E-state index in [2.05, 4.69) is 15.3 Å². The topological polar surface area (TPSA) is 79.6 Å². The molecule has 3 aromatic heterocycles. The zero-order valence-electron chi connectivity index (χ0n) is 18.6. The first-order chi connectivity index (χ1) is 16.5. The standard InChI is InChI=1S/C26H24FN5O2/c27-23-22(30-20-8-1-2-12-32(20)23)25(34)31-13-9-26(10-14-31)15-18(16-26)29-24(33)19-7-3-5-17-6-4-11-28-21(17)19/h1-8,11-12,18H,9-10,13-16H2,(H,29,33). The molecule has 1 aliphatic carbocycles. The van der Waals surface area contributed by atoms with E-state index >= 15 is 0 Å². The fraction of sp³-hybridized carbons (Fsp3) is 0.308. The summed E-state index contributed by atoms with van der Waals surface area (Å²) in [7, 11) is 0. The van der Waals surface area contributed by atoms with Crippen molar-refractivity contribution in [3.63, 3.8) is 0 Å². The number of imidazole rings is 1. The van der Waals surface area contributed by atoms with E-state index in [1.807, 2.05) is 30.3 Å². The molecule has 0 bridgehead atoms. The first-order valence-corrected chi connectivity index (χ1v) is 11.6. The molecule has 8 heteroatoms. The summed E-state index contributed by atoms with van der Waals surface area (Å²) in [5.41, 5.74) is 1.74. The van der Waals surface area contributed by atoms with Crippen molar-refractivity contribution >= 4 is 28.4 Å². The van der Waals surface area contributed by atoms with E-state index in [9.17, 15) is 14.0 Å². The third kappa shape index (κ3) is 3.41. The Morgan fingerprint density at radius 2 is 1.82 bits per heavy atom. The number of hydrogen-bond acceptors (Lipinski definition) is 4. The van der Waals surface area contributed by atoms with Crippen LogP contribution in [-0.4, -0.2) is 50.2 Å². The molecule has 0 radical (unpaired) electrons. The summed E-state index contributed by atoms with van der Waals surface area (Å²) in [5, 5.41) is 4.10. The quantitative estimate of drug-likeness (QED) is 0.507. The van der Waals surface area contributed by atoms with Crippen LogP contribution < -0.4 is 5.32 Å². The Kier molecular flexibility index (Phi) is 4.83. The highest BCUT2D eigenvalue weighted by molar-refractivity contribution is 6.05. The molecular weight excluding hydrogens is 433 g/mol. The van der Waals surface area contributed by atoms with Gasteiger partial charge in [0.15, 0.2) is 5.69 Å². The second-order valence-corrected chi connectivity index (χ2v) is 9.43. The van der Waals surface area contributed by atoms with Crippen LogP contribution in [0.25, 0.3) is 16.6 Å². The fourth-order valence-electron chi connectivity index (χ4n) is 5.48. The second-order valence-electron chi connectivity index (χ2n) is 9.43. The van der Waals surface area contributed by atoms with Gasteiger partial charge in [-0.05, 0) is 55.4 Å². The zero-order chi connectivity index (χ0) is 23.3. The summed E-state index contributed by atoms with van der Waals surface area (Å²) < 4.78 is 16.0. The summed E-state index contributed by atoms with van der Waals surface area (Å²) in [6.07, 6.45) is 6.73. The van der Waals surface area contributed by atoms with E-state index in [4.69, 9.17) is 0 Å². The number of likely N-dealkylation sites (tertiary alicyclic amines) is 1. The van der Waals surface area contributed by atoms with Gasteiger partial charge in [-0.2, -0.15) is 4.39 Å². The summed E-state index contributed by atoms with van der Waals surface area (Å²) >= 11 is 0. The van der Waals surface area contributed by atoms with Gasteiger partial charge in [0.2, 0.25) is 5.95 Å². The molecule has 4 heterocycles. The van der Waals surface area contributed by atoms with E-state index in [0.29, 0.717) is 29.8 Å². The molecule has 1 saturated heterocycles. The van der Waals surface area contributed by atoms with Gasteiger partial charge in [0.05, 0.1) is 11.1 Å². The van der Waals surface area contributed by atoms with Gasteiger partial charge < -0.3 is 10.2 Å². The average molecular weight is 458 g/mol. The maximum absolute atomic E-state index is 14.7. The van der Waals surface area contributed by atoms with Gasteiger partial charge in [0.25, 0.3) is 11.8 Å². The number of amides is 2. The van der Waals surface area contributed by atoms with Gasteiger partial charge >= 0.3 is 0 Å². The van der Waals surface area contributed by atoms with Crippen LogP contribution in [0.4, 0.5) is 4.39 Å². The van der Waals surface area contributed by atoms with Crippen molar-refractivity contribution in [1.29, 1.82) is 0 Å². The normalized spacial score (nSPS) is 17.7. The lowest BCUT2D eigenvalue weighted by Gasteiger charge is -2.52. The van der Waals surface area contributed by atoms with E-state index in [0.717, 1.165) is 31.1 Å². The molecule has 1 aromatic carbocycles. The highest BCUT2D eigenvalue weighted by atomic mass is 19.1. The Morgan fingerprint density at radius 3 is 2.62 bits per heavy atom. The smallest absolute Gasteiger partial charge is 0.277 e. The first-order valence-electron chi connectivity index (χ1n) is 11.6. The highest BCUT2D eigenvalue weighted by Crippen LogP contribution is 2.49. The van der Waals surface area contributed by atoms with Crippen molar-refractivity contribution in [2.24, 2.45) is 5.41 Å². The molecule has 1 saturated carbocycles. The lowest BCUT2D eigenvalue weighted by Crippen LogP contribution is -2.55. The van der Waals surface area contributed by atoms with Crippen LogP contribution in [0, 0.1) is 11.4 Å². The Bertz CT molecular complexity index is 1410. The number of benzene rings is 1. The molecule has 0 atom stereocenters. The molecule has 1 spiro atoms. The maximum Gasteiger partial charge on any atom is 0.277 e. The summed E-state index contributed by atoms with van der Waals surface area (Å²) in [4.78, 5) is 36.1. The van der Waals surface area contributed by atoms with Gasteiger partial charge in [-0.15, -0.1) is 0 Å². The fourth-order valence-corrected chi connectivity index (χ4v) is 5.48. The van der Waals surface area contributed by atoms with Gasteiger partial charge in [0.1, 0.15) is 5.65 Å². The number of nitrogens with one attached hydrogen (secondary N) is 1. The Labute approximate surface area is 195 Å². The van der Waals surface area contributed by atoms with Crippen LogP contribution in [0.1, 0.15) is 46.5 Å². The minimum Gasteiger partial charge on any atom is -0.349 e. The van der Waals surface area contributed by atoms with Crippen molar-refractivity contribution in [1.82, 2.24) is 24.6 Å². The number of rotatable bonds is 3. The molecule has 0 unspecified atom stereocenters. The summed E-state index contributed by atoms with van der Waals surface area (Å²) in [6, 6.07) is 14.7. The number of fused-ring (bicyclic) bond motifs is 2. The van der Waals surface area contributed by atoms with E-state index in [-0.39, 0.29) is 29.0 Å². The lowest BCUT2D eigenvalue weighted by molar-refractivity contribution is 0.00831. The number of para-hydroxylation sites is 1. The molecule has 1 aliphatic heterocycles. The molecule has 7 nitrogen and oxygen atoms in total. The number of aromatic nitrogens is 3. The van der Waals surface area contributed by atoms with Gasteiger partial charge in [0, 0.05) is 36.9 Å². The largest absolute Gasteiger partial charge is 0.349 e. The molecule has 2 aliphatic rings. The number of carbonyl (C=O) groups excluding carboxylic acids is 2. The average Bonchev–Trinajstić information content (AvgIpc) is 3.19. The molecule has 172 valence electrons. The third-order valence-electron chi connectivity index (χ3n) is 7.36. The summed E-state index contributed by atoms with van der Waals surface area (Å²) in [5.74, 6) is -1.07. The predicted molar refractivity (Wildman–Crippen MR) is 125 cm³/mol. The van der Waals surface area contributed by atoms with E-state index in [1.54, 1.807) is 35.5 Å². The molecular formula is C26H24FN5O2. The molecule has 6 rings (SSSR count). The number of pyridine rings is 2. The Hall–Kier alpha value is -3.81. The number of nitrogens with zero attached hydrogens (tertiary/aromatic N) is 4. The Balaban J connectivity index is 1.07. The van der Waals surface area contributed by atoms with Gasteiger partial charge in [-0.25, -0.2) is 4.98 Å². The van der Waals surface area contributed by atoms with Crippen LogP contribution >= 0.6 is 0 Å². The number of carbonyl (C=O) groups is 2. The van der Waals surface area contributed by atoms with Crippen LogP contribution in [0.15, 0.2) is 60.9 Å². The van der Waals surface area contributed by atoms with Crippen LogP contribution in [-0.2, 0) is 0 Å². The molecule has 1 N–H and O–H groups in total. The van der Waals surface area contributed by atoms with Crippen molar-refractivity contribution < 1.29 is 14.0 Å². The maximum atomic E-state index is 14.7. The van der Waals surface area contributed by atoms with E-state index in [1.165, 1.54) is 4.40 Å². The number of hydrogen-bond donors (Lipinski definition) is 1. The lowest BCUT2D eigenvalue weighted by atomic mass is 9.60. The van der Waals surface area contributed by atoms with Crippen molar-refractivity contribution in [3.05, 3.63) is 78.1 Å². The zero-order valence-corrected chi connectivity index (χ0v) is 18.6. The number of piperidine rings is 1. The Morgan fingerprint density at radius 1 is 1.03 bits per heavy atom. The van der Waals surface area contributed by atoms with Crippen molar-refractivity contribution in [2.75, 3.05) is 13.1 Å². The molecule has 2 amide bonds. The minimum atomic E-state index is -0.616. The molecule has 2 fully saturated rings. The monoisotopic (exact) mass is 457 g/mol. The molecule has 34 heavy (non-hydrogen) atoms. The number of halogens is 1. The SMILES string of the molecule is O=C(NC1CC2(CCN(C(=O)c3nc4ccccn4c3F)CC2)C1)c1cccc2cccnc12. The van der Waals surface area contributed by atoms with Crippen LogP contribution in [0.5, 0.6) is 0 Å². The first kappa shape index (κ1) is 20.8. The second kappa shape index (κ2) is 7.90. The van der Waals surface area contributed by atoms with E-state index < -0.39 is 5.95 Å². The van der Waals surface area contributed by atoms with Crippen LogP contribution in [0.2, 0.25) is 0 Å². The predicted octanol–water partition coefficient (Wildman–Crippen LogP) is 3.84.